The number of benzene rings is 3. The average molecular weight is 482 g/mol. The van der Waals surface area contributed by atoms with Crippen molar-refractivity contribution in [3.05, 3.63) is 100 Å². The van der Waals surface area contributed by atoms with Crippen LogP contribution in [-0.2, 0) is 4.74 Å². The second-order valence-electron chi connectivity index (χ2n) is 7.69. The maximum atomic E-state index is 12.6. The summed E-state index contributed by atoms with van der Waals surface area (Å²) in [5, 5.41) is 4.69. The van der Waals surface area contributed by atoms with Gasteiger partial charge in [0.15, 0.2) is 5.82 Å². The van der Waals surface area contributed by atoms with E-state index in [2.05, 4.69) is 5.43 Å². The van der Waals surface area contributed by atoms with E-state index in [1.807, 2.05) is 96.4 Å². The predicted molar refractivity (Wildman–Crippen MR) is 138 cm³/mol. The number of hydrogen-bond acceptors (Lipinski definition) is 7. The Morgan fingerprint density at radius 2 is 1.57 bits per heavy atom. The molecular weight excluding hydrogens is 458 g/mol. The summed E-state index contributed by atoms with van der Waals surface area (Å²) in [6.45, 7) is 3.99. The molecule has 0 saturated heterocycles. The fourth-order valence-corrected chi connectivity index (χ4v) is 4.76. The summed E-state index contributed by atoms with van der Waals surface area (Å²) in [5.41, 5.74) is 7.96. The summed E-state index contributed by atoms with van der Waals surface area (Å²) in [7, 11) is 0. The zero-order valence-corrected chi connectivity index (χ0v) is 20.1. The Morgan fingerprint density at radius 1 is 0.943 bits per heavy atom. The van der Waals surface area contributed by atoms with E-state index >= 15 is 0 Å². The molecule has 35 heavy (non-hydrogen) atoms. The van der Waals surface area contributed by atoms with Crippen molar-refractivity contribution in [2.45, 2.75) is 13.8 Å². The fourth-order valence-electron chi connectivity index (χ4n) is 3.77. The van der Waals surface area contributed by atoms with Crippen LogP contribution in [0.5, 0.6) is 0 Å². The van der Waals surface area contributed by atoms with Gasteiger partial charge in [0, 0.05) is 16.9 Å². The normalized spacial score (nSPS) is 11.5. The summed E-state index contributed by atoms with van der Waals surface area (Å²) in [5.74, 6) is 0.162. The SMILES string of the molecule is CCOC(=O)c1s/c(=N/Nc2nc3ccccc3nc2-c2ccccc2)n(-c2ccccc2)c1C. The Bertz CT molecular complexity index is 1560. The summed E-state index contributed by atoms with van der Waals surface area (Å²) < 4.78 is 7.21. The number of anilines is 1. The van der Waals surface area contributed by atoms with Gasteiger partial charge in [-0.2, -0.15) is 0 Å². The molecule has 2 heterocycles. The lowest BCUT2D eigenvalue weighted by atomic mass is 10.1. The van der Waals surface area contributed by atoms with Gasteiger partial charge in [-0.25, -0.2) is 14.8 Å². The Kier molecular flexibility index (Phi) is 6.36. The van der Waals surface area contributed by atoms with Gasteiger partial charge in [0.25, 0.3) is 0 Å². The molecule has 2 aromatic heterocycles. The van der Waals surface area contributed by atoms with Crippen molar-refractivity contribution in [3.63, 3.8) is 0 Å². The van der Waals surface area contributed by atoms with Crippen molar-refractivity contribution < 1.29 is 9.53 Å². The number of hydrogen-bond donors (Lipinski definition) is 1. The van der Waals surface area contributed by atoms with Gasteiger partial charge in [-0.3, -0.25) is 9.99 Å². The number of aromatic nitrogens is 3. The molecule has 0 aliphatic rings. The van der Waals surface area contributed by atoms with Crippen LogP contribution in [0.25, 0.3) is 28.0 Å². The molecule has 0 saturated carbocycles. The van der Waals surface area contributed by atoms with Gasteiger partial charge in [-0.15, -0.1) is 5.10 Å². The van der Waals surface area contributed by atoms with Gasteiger partial charge in [-0.1, -0.05) is 72.0 Å². The molecular formula is C27H23N5O2S. The lowest BCUT2D eigenvalue weighted by Gasteiger charge is -2.10. The van der Waals surface area contributed by atoms with Crippen molar-refractivity contribution in [1.82, 2.24) is 14.5 Å². The number of nitrogens with one attached hydrogen (secondary N) is 1. The quantitative estimate of drug-likeness (QED) is 0.254. The number of carbonyl (C=O) groups is 1. The zero-order valence-electron chi connectivity index (χ0n) is 19.3. The highest BCUT2D eigenvalue weighted by Crippen LogP contribution is 2.27. The minimum Gasteiger partial charge on any atom is -0.462 e. The van der Waals surface area contributed by atoms with Crippen molar-refractivity contribution in [2.24, 2.45) is 5.10 Å². The molecule has 8 heteroatoms. The second-order valence-corrected chi connectivity index (χ2v) is 8.67. The van der Waals surface area contributed by atoms with Crippen LogP contribution in [0.3, 0.4) is 0 Å². The third-order valence-corrected chi connectivity index (χ3v) is 6.52. The van der Waals surface area contributed by atoms with Crippen LogP contribution in [0.15, 0.2) is 90.0 Å². The van der Waals surface area contributed by atoms with Gasteiger partial charge >= 0.3 is 5.97 Å². The molecule has 5 aromatic rings. The Balaban J connectivity index is 1.66. The number of rotatable bonds is 6. The van der Waals surface area contributed by atoms with E-state index in [1.54, 1.807) is 6.92 Å². The molecule has 5 rings (SSSR count). The summed E-state index contributed by atoms with van der Waals surface area (Å²) in [4.78, 5) is 23.4. The van der Waals surface area contributed by atoms with Gasteiger partial charge in [0.2, 0.25) is 4.80 Å². The summed E-state index contributed by atoms with van der Waals surface area (Å²) >= 11 is 1.26. The molecule has 0 aliphatic heterocycles. The van der Waals surface area contributed by atoms with E-state index in [1.165, 1.54) is 11.3 Å². The zero-order chi connectivity index (χ0) is 24.2. The molecule has 3 aromatic carbocycles. The largest absolute Gasteiger partial charge is 0.462 e. The van der Waals surface area contributed by atoms with E-state index in [0.717, 1.165) is 28.0 Å². The molecule has 7 nitrogen and oxygen atoms in total. The monoisotopic (exact) mass is 481 g/mol. The molecule has 0 spiro atoms. The maximum absolute atomic E-state index is 12.6. The van der Waals surface area contributed by atoms with Crippen LogP contribution < -0.4 is 10.2 Å². The Hall–Kier alpha value is -4.30. The molecule has 0 radical (unpaired) electrons. The van der Waals surface area contributed by atoms with Gasteiger partial charge < -0.3 is 4.74 Å². The highest BCUT2D eigenvalue weighted by molar-refractivity contribution is 7.11. The Labute approximate surface area is 206 Å². The number of fused-ring (bicyclic) bond motifs is 1. The lowest BCUT2D eigenvalue weighted by Crippen LogP contribution is -2.16. The molecule has 0 amide bonds. The molecule has 0 unspecified atom stereocenters. The minimum absolute atomic E-state index is 0.305. The van der Waals surface area contributed by atoms with Crippen LogP contribution >= 0.6 is 11.3 Å². The van der Waals surface area contributed by atoms with E-state index in [9.17, 15) is 4.79 Å². The van der Waals surface area contributed by atoms with Gasteiger partial charge in [0.05, 0.1) is 17.6 Å². The average Bonchev–Trinajstić information content (AvgIpc) is 3.24. The standard InChI is InChI=1S/C27H23N5O2S/c1-3-34-26(33)24-18(2)32(20-14-8-5-9-15-20)27(35-24)31-30-25-23(19-12-6-4-7-13-19)28-21-16-10-11-17-22(21)29-25/h4-17H,3H2,1-2H3,(H,29,30)/b31-27+. The first-order valence-corrected chi connectivity index (χ1v) is 12.0. The molecule has 174 valence electrons. The summed E-state index contributed by atoms with van der Waals surface area (Å²) in [6.07, 6.45) is 0. The van der Waals surface area contributed by atoms with Crippen LogP contribution in [0.1, 0.15) is 22.3 Å². The van der Waals surface area contributed by atoms with Crippen molar-refractivity contribution >= 4 is 34.2 Å². The smallest absolute Gasteiger partial charge is 0.350 e. The number of para-hydroxylation sites is 3. The first kappa shape index (κ1) is 22.5. The Morgan fingerprint density at radius 3 is 2.26 bits per heavy atom. The molecule has 0 bridgehead atoms. The van der Waals surface area contributed by atoms with E-state index in [-0.39, 0.29) is 5.97 Å². The van der Waals surface area contributed by atoms with Crippen molar-refractivity contribution in [1.29, 1.82) is 0 Å². The topological polar surface area (TPSA) is 81.4 Å². The number of thiazole rings is 1. The van der Waals surface area contributed by atoms with Gasteiger partial charge in [0.1, 0.15) is 10.6 Å². The third kappa shape index (κ3) is 4.56. The molecule has 0 atom stereocenters. The highest BCUT2D eigenvalue weighted by Gasteiger charge is 2.19. The lowest BCUT2D eigenvalue weighted by molar-refractivity contribution is 0.0531. The fraction of sp³-hybridized carbons (Fsp3) is 0.111. The van der Waals surface area contributed by atoms with Crippen molar-refractivity contribution in [2.75, 3.05) is 12.0 Å². The molecule has 1 N–H and O–H groups in total. The number of carbonyl (C=O) groups excluding carboxylic acids is 1. The van der Waals surface area contributed by atoms with Crippen LogP contribution in [-0.4, -0.2) is 27.1 Å². The van der Waals surface area contributed by atoms with E-state index < -0.39 is 0 Å². The highest BCUT2D eigenvalue weighted by atomic mass is 32.1. The van der Waals surface area contributed by atoms with Crippen LogP contribution in [0, 0.1) is 6.92 Å². The predicted octanol–water partition coefficient (Wildman–Crippen LogP) is 5.56. The number of esters is 1. The minimum atomic E-state index is -0.364. The first-order chi connectivity index (χ1) is 17.2. The number of nitrogens with zero attached hydrogens (tertiary/aromatic N) is 4. The van der Waals surface area contributed by atoms with Crippen molar-refractivity contribution in [3.8, 4) is 16.9 Å². The van der Waals surface area contributed by atoms with Gasteiger partial charge in [-0.05, 0) is 38.1 Å². The van der Waals surface area contributed by atoms with Crippen LogP contribution in [0.2, 0.25) is 0 Å². The van der Waals surface area contributed by atoms with Crippen LogP contribution in [0.4, 0.5) is 5.82 Å². The maximum Gasteiger partial charge on any atom is 0.350 e. The second kappa shape index (κ2) is 9.90. The third-order valence-electron chi connectivity index (χ3n) is 5.40. The number of ether oxygens (including phenoxy) is 1. The molecule has 0 fully saturated rings. The van der Waals surface area contributed by atoms with E-state index in [4.69, 9.17) is 19.8 Å². The summed E-state index contributed by atoms with van der Waals surface area (Å²) in [6, 6.07) is 27.4. The first-order valence-electron chi connectivity index (χ1n) is 11.2. The molecule has 0 aliphatic carbocycles. The van der Waals surface area contributed by atoms with E-state index in [0.29, 0.717) is 27.8 Å².